The fraction of sp³-hybridized carbons (Fsp3) is 0.500. The van der Waals surface area contributed by atoms with Gasteiger partial charge in [-0.3, -0.25) is 9.59 Å². The van der Waals surface area contributed by atoms with Crippen molar-refractivity contribution in [1.82, 2.24) is 5.32 Å². The molecule has 8 nitrogen and oxygen atoms in total. The van der Waals surface area contributed by atoms with Gasteiger partial charge < -0.3 is 20.1 Å². The van der Waals surface area contributed by atoms with Crippen LogP contribution in [0.15, 0.2) is 17.0 Å². The highest BCUT2D eigenvalue weighted by molar-refractivity contribution is 7.91. The minimum atomic E-state index is -3.79. The van der Waals surface area contributed by atoms with Crippen LogP contribution in [-0.4, -0.2) is 51.8 Å². The van der Waals surface area contributed by atoms with Crippen molar-refractivity contribution < 1.29 is 27.5 Å². The Balaban J connectivity index is 1.62. The number of ether oxygens (including phenoxy) is 2. The number of carbonyl (C=O) groups is 2. The van der Waals surface area contributed by atoms with Crippen LogP contribution in [0.25, 0.3) is 0 Å². The molecule has 2 N–H and O–H groups in total. The molecule has 0 aromatic heterocycles. The number of halogens is 1. The Morgan fingerprint density at radius 2 is 2.19 bits per heavy atom. The molecule has 26 heavy (non-hydrogen) atoms. The number of benzene rings is 1. The number of hydrogen-bond donors (Lipinski definition) is 2. The molecule has 10 heteroatoms. The summed E-state index contributed by atoms with van der Waals surface area (Å²) in [6.07, 6.45) is 1.67. The fourth-order valence-corrected chi connectivity index (χ4v) is 4.61. The van der Waals surface area contributed by atoms with E-state index in [2.05, 4.69) is 10.6 Å². The molecule has 0 radical (unpaired) electrons. The molecule has 0 unspecified atom stereocenters. The molecular weight excluding hydrogens is 384 g/mol. The summed E-state index contributed by atoms with van der Waals surface area (Å²) in [5, 5.41) is 5.21. The molecule has 0 saturated carbocycles. The minimum Gasteiger partial charge on any atom is -0.482 e. The average Bonchev–Trinajstić information content (AvgIpc) is 3.11. The first-order valence-corrected chi connectivity index (χ1v) is 10.3. The zero-order valence-corrected chi connectivity index (χ0v) is 15.5. The standard InChI is InChI=1S/C16H19ClN2O6S/c17-11-6-12-13(25-9-16(21)19-12)7-14(11)26(22,23)5-3-15(20)18-8-10-2-1-4-24-10/h6-7,10H,1-5,8-9H2,(H,18,20)(H,19,21)/t10-/m0/s1. The van der Waals surface area contributed by atoms with Gasteiger partial charge in [0, 0.05) is 25.6 Å². The fourth-order valence-electron chi connectivity index (χ4n) is 2.78. The molecule has 1 saturated heterocycles. The van der Waals surface area contributed by atoms with Crippen molar-refractivity contribution in [2.24, 2.45) is 0 Å². The molecule has 3 rings (SSSR count). The molecule has 1 aromatic rings. The van der Waals surface area contributed by atoms with Crippen molar-refractivity contribution in [3.63, 3.8) is 0 Å². The second kappa shape index (κ2) is 7.81. The molecule has 2 amide bonds. The largest absolute Gasteiger partial charge is 0.482 e. The smallest absolute Gasteiger partial charge is 0.262 e. The monoisotopic (exact) mass is 402 g/mol. The van der Waals surface area contributed by atoms with Crippen molar-refractivity contribution in [1.29, 1.82) is 0 Å². The molecule has 0 bridgehead atoms. The molecule has 1 fully saturated rings. The Hall–Kier alpha value is -1.84. The van der Waals surface area contributed by atoms with Gasteiger partial charge in [0.05, 0.1) is 27.5 Å². The van der Waals surface area contributed by atoms with E-state index >= 15 is 0 Å². The second-order valence-electron chi connectivity index (χ2n) is 6.12. The summed E-state index contributed by atoms with van der Waals surface area (Å²) in [7, 11) is -3.79. The van der Waals surface area contributed by atoms with Gasteiger partial charge in [-0.05, 0) is 18.9 Å². The maximum Gasteiger partial charge on any atom is 0.262 e. The van der Waals surface area contributed by atoms with Crippen LogP contribution < -0.4 is 15.4 Å². The number of fused-ring (bicyclic) bond motifs is 1. The topological polar surface area (TPSA) is 111 Å². The summed E-state index contributed by atoms with van der Waals surface area (Å²) >= 11 is 6.05. The Labute approximate surface area is 156 Å². The van der Waals surface area contributed by atoms with Gasteiger partial charge in [-0.2, -0.15) is 0 Å². The number of nitrogens with one attached hydrogen (secondary N) is 2. The molecule has 2 aliphatic rings. The van der Waals surface area contributed by atoms with Crippen LogP contribution in [0.1, 0.15) is 19.3 Å². The lowest BCUT2D eigenvalue weighted by Crippen LogP contribution is -2.32. The highest BCUT2D eigenvalue weighted by atomic mass is 35.5. The number of sulfone groups is 1. The van der Waals surface area contributed by atoms with Gasteiger partial charge in [-0.1, -0.05) is 11.6 Å². The maximum atomic E-state index is 12.5. The SMILES string of the molecule is O=C(CCS(=O)(=O)c1cc2c(cc1Cl)NC(=O)CO2)NC[C@@H]1CCCO1. The third-order valence-corrected chi connectivity index (χ3v) is 6.32. The summed E-state index contributed by atoms with van der Waals surface area (Å²) in [5.74, 6) is -0.848. The molecule has 0 aliphatic carbocycles. The summed E-state index contributed by atoms with van der Waals surface area (Å²) in [4.78, 5) is 23.1. The van der Waals surface area contributed by atoms with E-state index in [-0.39, 0.29) is 52.4 Å². The zero-order chi connectivity index (χ0) is 18.7. The van der Waals surface area contributed by atoms with Crippen molar-refractivity contribution in [2.45, 2.75) is 30.3 Å². The van der Waals surface area contributed by atoms with Gasteiger partial charge >= 0.3 is 0 Å². The van der Waals surface area contributed by atoms with Crippen molar-refractivity contribution in [3.05, 3.63) is 17.2 Å². The van der Waals surface area contributed by atoms with Gasteiger partial charge in [0.15, 0.2) is 16.4 Å². The summed E-state index contributed by atoms with van der Waals surface area (Å²) < 4.78 is 35.7. The van der Waals surface area contributed by atoms with E-state index in [1.54, 1.807) is 0 Å². The van der Waals surface area contributed by atoms with E-state index in [1.165, 1.54) is 12.1 Å². The normalized spacial score (nSPS) is 19.4. The van der Waals surface area contributed by atoms with Crippen molar-refractivity contribution >= 4 is 38.9 Å². The summed E-state index contributed by atoms with van der Waals surface area (Å²) in [6, 6.07) is 2.61. The van der Waals surface area contributed by atoms with Gasteiger partial charge in [0.2, 0.25) is 5.91 Å². The minimum absolute atomic E-state index is 0.00185. The lowest BCUT2D eigenvalue weighted by atomic mass is 10.2. The molecule has 2 heterocycles. The Bertz CT molecular complexity index is 820. The number of anilines is 1. The Morgan fingerprint density at radius 3 is 2.92 bits per heavy atom. The third-order valence-electron chi connectivity index (χ3n) is 4.15. The molecule has 142 valence electrons. The van der Waals surface area contributed by atoms with Crippen LogP contribution in [0.3, 0.4) is 0 Å². The van der Waals surface area contributed by atoms with Gasteiger partial charge in [-0.25, -0.2) is 8.42 Å². The van der Waals surface area contributed by atoms with Crippen LogP contribution >= 0.6 is 11.6 Å². The van der Waals surface area contributed by atoms with Crippen LogP contribution in [0.2, 0.25) is 5.02 Å². The number of rotatable bonds is 6. The van der Waals surface area contributed by atoms with E-state index in [4.69, 9.17) is 21.1 Å². The second-order valence-corrected chi connectivity index (χ2v) is 8.61. The first kappa shape index (κ1) is 18.9. The lowest BCUT2D eigenvalue weighted by Gasteiger charge is -2.19. The molecule has 1 atom stereocenters. The highest BCUT2D eigenvalue weighted by Crippen LogP contribution is 2.36. The van der Waals surface area contributed by atoms with E-state index in [9.17, 15) is 18.0 Å². The molecule has 0 spiro atoms. The van der Waals surface area contributed by atoms with E-state index in [0.717, 1.165) is 12.8 Å². The van der Waals surface area contributed by atoms with Gasteiger partial charge in [-0.15, -0.1) is 0 Å². The van der Waals surface area contributed by atoms with E-state index in [1.807, 2.05) is 0 Å². The number of carbonyl (C=O) groups excluding carboxylic acids is 2. The van der Waals surface area contributed by atoms with Crippen LogP contribution in [0.4, 0.5) is 5.69 Å². The number of hydrogen-bond acceptors (Lipinski definition) is 6. The summed E-state index contributed by atoms with van der Waals surface area (Å²) in [6.45, 7) is 0.875. The van der Waals surface area contributed by atoms with Gasteiger partial charge in [0.25, 0.3) is 5.91 Å². The summed E-state index contributed by atoms with van der Waals surface area (Å²) in [5.41, 5.74) is 0.319. The first-order chi connectivity index (χ1) is 12.3. The Morgan fingerprint density at radius 1 is 1.38 bits per heavy atom. The number of amides is 2. The van der Waals surface area contributed by atoms with Crippen LogP contribution in [-0.2, 0) is 24.2 Å². The van der Waals surface area contributed by atoms with Gasteiger partial charge in [0.1, 0.15) is 5.75 Å². The first-order valence-electron chi connectivity index (χ1n) is 8.22. The predicted molar refractivity (Wildman–Crippen MR) is 94.2 cm³/mol. The van der Waals surface area contributed by atoms with Crippen molar-refractivity contribution in [2.75, 3.05) is 30.8 Å². The predicted octanol–water partition coefficient (Wildman–Crippen LogP) is 1.13. The van der Waals surface area contributed by atoms with E-state index in [0.29, 0.717) is 18.8 Å². The lowest BCUT2D eigenvalue weighted by molar-refractivity contribution is -0.121. The molecule has 1 aromatic carbocycles. The van der Waals surface area contributed by atoms with E-state index < -0.39 is 9.84 Å². The van der Waals surface area contributed by atoms with Crippen LogP contribution in [0.5, 0.6) is 5.75 Å². The molecular formula is C16H19ClN2O6S. The zero-order valence-electron chi connectivity index (χ0n) is 13.9. The third kappa shape index (κ3) is 4.46. The average molecular weight is 403 g/mol. The highest BCUT2D eigenvalue weighted by Gasteiger charge is 2.25. The molecule has 2 aliphatic heterocycles. The maximum absolute atomic E-state index is 12.5. The Kier molecular flexibility index (Phi) is 5.69. The van der Waals surface area contributed by atoms with Crippen molar-refractivity contribution in [3.8, 4) is 5.75 Å². The quantitative estimate of drug-likeness (QED) is 0.737. The van der Waals surface area contributed by atoms with Crippen LogP contribution in [0, 0.1) is 0 Å².